The number of halogens is 6. The van der Waals surface area contributed by atoms with Crippen molar-refractivity contribution in [2.24, 2.45) is 0 Å². The van der Waals surface area contributed by atoms with Gasteiger partial charge in [0.05, 0.1) is 13.2 Å². The number of urea groups is 1. The van der Waals surface area contributed by atoms with Gasteiger partial charge in [-0.1, -0.05) is 57.0 Å². The van der Waals surface area contributed by atoms with Crippen LogP contribution in [0.15, 0.2) is 36.4 Å². The number of nitrogens with zero attached hydrogens (tertiary/aromatic N) is 1. The number of hydrogen-bond donors (Lipinski definition) is 1. The quantitative estimate of drug-likeness (QED) is 0.214. The third-order valence-corrected chi connectivity index (χ3v) is 7.74. The lowest BCUT2D eigenvalue weighted by atomic mass is 9.84. The van der Waals surface area contributed by atoms with Crippen molar-refractivity contribution in [2.45, 2.75) is 89.6 Å². The molecule has 2 aliphatic rings. The molecule has 0 saturated carbocycles. The van der Waals surface area contributed by atoms with Crippen molar-refractivity contribution >= 4 is 6.03 Å². The van der Waals surface area contributed by atoms with E-state index in [2.05, 4.69) is 10.1 Å². The molecule has 2 amide bonds. The molecule has 2 aliphatic heterocycles. The Kier molecular flexibility index (Phi) is 9.37. The molecule has 0 bridgehead atoms. The average Bonchev–Trinajstić information content (AvgIpc) is 3.33. The van der Waals surface area contributed by atoms with E-state index in [1.165, 1.54) is 4.90 Å². The Morgan fingerprint density at radius 3 is 2.24 bits per heavy atom. The number of amides is 2. The zero-order chi connectivity index (χ0) is 30.8. The standard InChI is InChI=1S/C30H36F6N2O4/c1-4-11-20-17-24-23(18-41-28(24,29(31,32)33)30(34,35)36)22(12-5-2)25(20)40-16-10-9-15-38-19-42-27(3,37-26(38)39)21-13-7-6-8-14-21/h6-8,13-14,17H,4-5,9-12,15-16,18-19H2,1-3H3,(H,37,39). The van der Waals surface area contributed by atoms with Crippen LogP contribution in [0.4, 0.5) is 31.1 Å². The Bertz CT molecular complexity index is 1240. The summed E-state index contributed by atoms with van der Waals surface area (Å²) in [6, 6.07) is 10.0. The van der Waals surface area contributed by atoms with E-state index in [1.807, 2.05) is 30.3 Å². The number of hydrogen-bond acceptors (Lipinski definition) is 4. The summed E-state index contributed by atoms with van der Waals surface area (Å²) in [7, 11) is 0. The van der Waals surface area contributed by atoms with Gasteiger partial charge in [0, 0.05) is 23.2 Å². The zero-order valence-electron chi connectivity index (χ0n) is 23.9. The second-order valence-electron chi connectivity index (χ2n) is 10.8. The van der Waals surface area contributed by atoms with Gasteiger partial charge in [-0.25, -0.2) is 4.79 Å². The number of aryl methyl sites for hydroxylation is 1. The molecule has 1 saturated heterocycles. The monoisotopic (exact) mass is 602 g/mol. The van der Waals surface area contributed by atoms with Crippen LogP contribution < -0.4 is 10.1 Å². The molecule has 0 aliphatic carbocycles. The van der Waals surface area contributed by atoms with E-state index in [9.17, 15) is 31.1 Å². The largest absolute Gasteiger partial charge is 0.493 e. The van der Waals surface area contributed by atoms with Crippen LogP contribution >= 0.6 is 0 Å². The predicted octanol–water partition coefficient (Wildman–Crippen LogP) is 7.47. The van der Waals surface area contributed by atoms with Crippen molar-refractivity contribution in [1.29, 1.82) is 0 Å². The molecule has 232 valence electrons. The first kappa shape index (κ1) is 31.9. The number of fused-ring (bicyclic) bond motifs is 1. The van der Waals surface area contributed by atoms with Gasteiger partial charge in [0.1, 0.15) is 12.5 Å². The molecule has 0 radical (unpaired) electrons. The van der Waals surface area contributed by atoms with Gasteiger partial charge >= 0.3 is 18.4 Å². The minimum Gasteiger partial charge on any atom is -0.493 e. The number of nitrogens with one attached hydrogen (secondary N) is 1. The summed E-state index contributed by atoms with van der Waals surface area (Å²) in [5.74, 6) is 0.332. The fourth-order valence-corrected chi connectivity index (χ4v) is 5.58. The molecule has 1 fully saturated rings. The smallest absolute Gasteiger partial charge is 0.430 e. The maximum Gasteiger partial charge on any atom is 0.430 e. The Balaban J connectivity index is 1.46. The van der Waals surface area contributed by atoms with Crippen molar-refractivity contribution < 1.29 is 45.3 Å². The third-order valence-electron chi connectivity index (χ3n) is 7.74. The highest BCUT2D eigenvalue weighted by Gasteiger charge is 2.75. The van der Waals surface area contributed by atoms with E-state index in [4.69, 9.17) is 9.47 Å². The molecular formula is C30H36F6N2O4. The SMILES string of the molecule is CCCc1cc2c(c(CCC)c1OCCCCN1COC(C)(c3ccccc3)NC1=O)COC2(C(F)(F)F)C(F)(F)F. The van der Waals surface area contributed by atoms with Gasteiger partial charge in [-0.3, -0.25) is 0 Å². The number of alkyl halides is 6. The van der Waals surface area contributed by atoms with Gasteiger partial charge in [-0.15, -0.1) is 0 Å². The normalized spacial score (nSPS) is 20.4. The predicted molar refractivity (Wildman–Crippen MR) is 143 cm³/mol. The molecule has 2 aromatic carbocycles. The summed E-state index contributed by atoms with van der Waals surface area (Å²) in [5.41, 5.74) is -4.86. The highest BCUT2D eigenvalue weighted by atomic mass is 19.4. The van der Waals surface area contributed by atoms with Crippen molar-refractivity contribution in [3.8, 4) is 5.75 Å². The van der Waals surface area contributed by atoms with Crippen LogP contribution in [0.2, 0.25) is 0 Å². The van der Waals surface area contributed by atoms with Gasteiger partial charge in [-0.05, 0) is 49.8 Å². The van der Waals surface area contributed by atoms with Crippen LogP contribution in [-0.4, -0.2) is 43.2 Å². The van der Waals surface area contributed by atoms with Crippen LogP contribution in [0.25, 0.3) is 0 Å². The zero-order valence-corrected chi connectivity index (χ0v) is 23.9. The summed E-state index contributed by atoms with van der Waals surface area (Å²) in [6.45, 7) is 5.21. The van der Waals surface area contributed by atoms with E-state index in [-0.39, 0.29) is 37.8 Å². The molecular weight excluding hydrogens is 566 g/mol. The maximum atomic E-state index is 14.0. The summed E-state index contributed by atoms with van der Waals surface area (Å²) >= 11 is 0. The van der Waals surface area contributed by atoms with Crippen molar-refractivity contribution in [3.63, 3.8) is 0 Å². The number of carbonyl (C=O) groups is 1. The molecule has 0 aromatic heterocycles. The number of unbranched alkanes of at least 4 members (excludes halogenated alkanes) is 1. The van der Waals surface area contributed by atoms with Gasteiger partial charge < -0.3 is 24.4 Å². The van der Waals surface area contributed by atoms with Gasteiger partial charge in [-0.2, -0.15) is 26.3 Å². The summed E-state index contributed by atoms with van der Waals surface area (Å²) in [6.07, 6.45) is -8.84. The molecule has 1 N–H and O–H groups in total. The Hall–Kier alpha value is -2.99. The molecule has 1 unspecified atom stereocenters. The maximum absolute atomic E-state index is 14.0. The van der Waals surface area contributed by atoms with E-state index in [0.717, 1.165) is 11.6 Å². The van der Waals surface area contributed by atoms with Crippen LogP contribution in [0.5, 0.6) is 5.75 Å². The first-order chi connectivity index (χ1) is 19.8. The number of carbonyl (C=O) groups excluding carboxylic acids is 1. The molecule has 2 heterocycles. The van der Waals surface area contributed by atoms with E-state index < -0.39 is 35.8 Å². The molecule has 6 nitrogen and oxygen atoms in total. The minimum absolute atomic E-state index is 0.0877. The van der Waals surface area contributed by atoms with Gasteiger partial charge in [0.25, 0.3) is 5.60 Å². The minimum atomic E-state index is -5.69. The Labute approximate surface area is 241 Å². The van der Waals surface area contributed by atoms with Gasteiger partial charge in [0.15, 0.2) is 5.72 Å². The molecule has 42 heavy (non-hydrogen) atoms. The van der Waals surface area contributed by atoms with Crippen LogP contribution in [0, 0.1) is 0 Å². The van der Waals surface area contributed by atoms with Crippen molar-refractivity contribution in [3.05, 3.63) is 64.2 Å². The van der Waals surface area contributed by atoms with Gasteiger partial charge in [0.2, 0.25) is 0 Å². The third kappa shape index (κ3) is 5.92. The Morgan fingerprint density at radius 1 is 0.976 bits per heavy atom. The average molecular weight is 603 g/mol. The molecule has 12 heteroatoms. The lowest BCUT2D eigenvalue weighted by Crippen LogP contribution is -2.58. The molecule has 2 aromatic rings. The fraction of sp³-hybridized carbons (Fsp3) is 0.567. The summed E-state index contributed by atoms with van der Waals surface area (Å²) < 4.78 is 101. The second kappa shape index (κ2) is 12.3. The number of ether oxygens (including phenoxy) is 3. The molecule has 0 spiro atoms. The van der Waals surface area contributed by atoms with Crippen LogP contribution in [0.1, 0.15) is 74.3 Å². The van der Waals surface area contributed by atoms with Crippen LogP contribution in [-0.2, 0) is 40.2 Å². The number of benzene rings is 2. The molecule has 4 rings (SSSR count). The lowest BCUT2D eigenvalue weighted by molar-refractivity contribution is -0.385. The first-order valence-corrected chi connectivity index (χ1v) is 14.1. The van der Waals surface area contributed by atoms with E-state index in [0.29, 0.717) is 49.1 Å². The van der Waals surface area contributed by atoms with Crippen molar-refractivity contribution in [1.82, 2.24) is 10.2 Å². The van der Waals surface area contributed by atoms with Crippen LogP contribution in [0.3, 0.4) is 0 Å². The first-order valence-electron chi connectivity index (χ1n) is 14.1. The summed E-state index contributed by atoms with van der Waals surface area (Å²) in [4.78, 5) is 14.3. The van der Waals surface area contributed by atoms with E-state index >= 15 is 0 Å². The van der Waals surface area contributed by atoms with Crippen molar-refractivity contribution in [2.75, 3.05) is 19.9 Å². The topological polar surface area (TPSA) is 60.0 Å². The highest BCUT2D eigenvalue weighted by molar-refractivity contribution is 5.75. The fourth-order valence-electron chi connectivity index (χ4n) is 5.58. The molecule has 1 atom stereocenters. The summed E-state index contributed by atoms with van der Waals surface area (Å²) in [5, 5.41) is 2.88. The highest BCUT2D eigenvalue weighted by Crippen LogP contribution is 2.58. The second-order valence-corrected chi connectivity index (χ2v) is 10.8. The lowest BCUT2D eigenvalue weighted by Gasteiger charge is -2.40. The van der Waals surface area contributed by atoms with E-state index in [1.54, 1.807) is 20.8 Å². The Morgan fingerprint density at radius 2 is 1.64 bits per heavy atom. The number of rotatable bonds is 11.